The number of likely N-dealkylation sites (N-methyl/N-ethyl adjacent to an activating group) is 1. The third-order valence-electron chi connectivity index (χ3n) is 6.21. The first-order valence-corrected chi connectivity index (χ1v) is 12.4. The number of hydrogen-bond acceptors (Lipinski definition) is 5. The second-order valence-corrected chi connectivity index (χ2v) is 9.47. The molecule has 0 bridgehead atoms. The van der Waals surface area contributed by atoms with Crippen molar-refractivity contribution in [2.45, 2.75) is 25.8 Å². The van der Waals surface area contributed by atoms with Crippen molar-refractivity contribution in [2.24, 2.45) is 0 Å². The second-order valence-electron chi connectivity index (χ2n) is 8.69. The van der Waals surface area contributed by atoms with Gasteiger partial charge < -0.3 is 10.1 Å². The highest BCUT2D eigenvalue weighted by molar-refractivity contribution is 7.08. The van der Waals surface area contributed by atoms with Crippen LogP contribution in [0.15, 0.2) is 65.4 Å². The Bertz CT molecular complexity index is 1360. The molecule has 2 N–H and O–H groups in total. The number of carbonyl (C=O) groups excluding carboxylic acids is 2. The predicted molar refractivity (Wildman–Crippen MR) is 137 cm³/mol. The molecule has 1 atom stereocenters. The van der Waals surface area contributed by atoms with Crippen molar-refractivity contribution >= 4 is 28.8 Å². The third kappa shape index (κ3) is 4.10. The van der Waals surface area contributed by atoms with Crippen molar-refractivity contribution in [2.75, 3.05) is 18.6 Å². The minimum atomic E-state index is -0.443. The number of nitrogens with zero attached hydrogens (tertiary/aromatic N) is 2. The Morgan fingerprint density at radius 3 is 2.60 bits per heavy atom. The summed E-state index contributed by atoms with van der Waals surface area (Å²) in [7, 11) is 1.57. The Morgan fingerprint density at radius 2 is 1.91 bits per heavy atom. The summed E-state index contributed by atoms with van der Waals surface area (Å²) in [6.07, 6.45) is 0. The lowest BCUT2D eigenvalue weighted by molar-refractivity contribution is -0.122. The molecule has 4 aromatic rings. The molecule has 0 aliphatic carbocycles. The average molecular weight is 487 g/mol. The van der Waals surface area contributed by atoms with Crippen molar-refractivity contribution in [3.63, 3.8) is 0 Å². The van der Waals surface area contributed by atoms with E-state index in [1.165, 1.54) is 0 Å². The Balaban J connectivity index is 1.61. The summed E-state index contributed by atoms with van der Waals surface area (Å²) < 4.78 is 5.90. The van der Waals surface area contributed by atoms with Crippen LogP contribution in [0.5, 0.6) is 5.75 Å². The molecular formula is C27H26N4O3S. The lowest BCUT2D eigenvalue weighted by Crippen LogP contribution is -2.30. The number of hydrogen-bond donors (Lipinski definition) is 2. The van der Waals surface area contributed by atoms with Gasteiger partial charge in [0.25, 0.3) is 11.8 Å². The number of anilines is 1. The van der Waals surface area contributed by atoms with Gasteiger partial charge in [-0.25, -0.2) is 0 Å². The number of thiophene rings is 1. The number of aromatic amines is 1. The summed E-state index contributed by atoms with van der Waals surface area (Å²) in [5.41, 5.74) is 5.99. The first kappa shape index (κ1) is 22.9. The summed E-state index contributed by atoms with van der Waals surface area (Å²) in [6, 6.07) is 17.2. The van der Waals surface area contributed by atoms with Gasteiger partial charge in [-0.15, -0.1) is 0 Å². The zero-order chi connectivity index (χ0) is 24.5. The lowest BCUT2D eigenvalue weighted by Gasteiger charge is -2.28. The number of ether oxygens (including phenoxy) is 1. The molecule has 0 saturated carbocycles. The van der Waals surface area contributed by atoms with Crippen LogP contribution in [0.1, 0.15) is 53.1 Å². The number of benzene rings is 2. The van der Waals surface area contributed by atoms with Crippen LogP contribution in [-0.4, -0.2) is 35.7 Å². The van der Waals surface area contributed by atoms with Gasteiger partial charge in [-0.3, -0.25) is 19.6 Å². The van der Waals surface area contributed by atoms with Gasteiger partial charge in [0.1, 0.15) is 5.75 Å². The molecule has 2 aromatic carbocycles. The van der Waals surface area contributed by atoms with E-state index in [0.29, 0.717) is 11.4 Å². The molecule has 7 nitrogen and oxygen atoms in total. The SMILES string of the molecule is CNC(=O)COc1ccccc1C1c2c(n[nH]c2C(C)C)C(=O)N1c1ccc(-c2ccsc2)cc1. The van der Waals surface area contributed by atoms with E-state index < -0.39 is 6.04 Å². The molecule has 2 aromatic heterocycles. The molecule has 35 heavy (non-hydrogen) atoms. The summed E-state index contributed by atoms with van der Waals surface area (Å²) in [6.45, 7) is 4.03. The van der Waals surface area contributed by atoms with E-state index in [4.69, 9.17) is 4.74 Å². The molecule has 2 amide bonds. The number of fused-ring (bicyclic) bond motifs is 1. The number of rotatable bonds is 7. The molecule has 1 aliphatic rings. The van der Waals surface area contributed by atoms with Gasteiger partial charge in [-0.1, -0.05) is 44.2 Å². The topological polar surface area (TPSA) is 87.3 Å². The molecule has 1 aliphatic heterocycles. The van der Waals surface area contributed by atoms with E-state index in [0.717, 1.165) is 33.6 Å². The van der Waals surface area contributed by atoms with Gasteiger partial charge in [0.05, 0.1) is 6.04 Å². The van der Waals surface area contributed by atoms with Gasteiger partial charge in [0.2, 0.25) is 0 Å². The Hall–Kier alpha value is -3.91. The summed E-state index contributed by atoms with van der Waals surface area (Å²) in [5.74, 6) is 0.298. The van der Waals surface area contributed by atoms with E-state index >= 15 is 0 Å². The monoisotopic (exact) mass is 486 g/mol. The number of amides is 2. The van der Waals surface area contributed by atoms with Crippen molar-refractivity contribution in [1.29, 1.82) is 0 Å². The molecule has 5 rings (SSSR count). The van der Waals surface area contributed by atoms with Gasteiger partial charge in [0, 0.05) is 29.6 Å². The van der Waals surface area contributed by atoms with Crippen molar-refractivity contribution in [3.05, 3.63) is 87.9 Å². The minimum Gasteiger partial charge on any atom is -0.483 e. The fraction of sp³-hybridized carbons (Fsp3) is 0.222. The van der Waals surface area contributed by atoms with Crippen LogP contribution in [0, 0.1) is 0 Å². The summed E-state index contributed by atoms with van der Waals surface area (Å²) >= 11 is 1.65. The lowest BCUT2D eigenvalue weighted by atomic mass is 9.94. The first-order valence-electron chi connectivity index (χ1n) is 11.5. The molecule has 3 heterocycles. The van der Waals surface area contributed by atoms with E-state index in [1.807, 2.05) is 53.9 Å². The number of para-hydroxylation sites is 1. The summed E-state index contributed by atoms with van der Waals surface area (Å²) in [5, 5.41) is 14.2. The van der Waals surface area contributed by atoms with Gasteiger partial charge in [-0.2, -0.15) is 16.4 Å². The average Bonchev–Trinajstić information content (AvgIpc) is 3.61. The molecule has 0 fully saturated rings. The summed E-state index contributed by atoms with van der Waals surface area (Å²) in [4.78, 5) is 27.3. The second kappa shape index (κ2) is 9.38. The third-order valence-corrected chi connectivity index (χ3v) is 6.90. The molecule has 8 heteroatoms. The highest BCUT2D eigenvalue weighted by Crippen LogP contribution is 2.46. The number of H-pyrrole nitrogens is 1. The van der Waals surface area contributed by atoms with Gasteiger partial charge in [0.15, 0.2) is 12.3 Å². The smallest absolute Gasteiger partial charge is 0.280 e. The number of carbonyl (C=O) groups is 2. The van der Waals surface area contributed by atoms with Crippen LogP contribution in [0.25, 0.3) is 11.1 Å². The molecular weight excluding hydrogens is 460 g/mol. The highest BCUT2D eigenvalue weighted by Gasteiger charge is 2.44. The molecule has 0 spiro atoms. The standard InChI is InChI=1S/C27H26N4O3S/c1-16(2)24-23-25(30-29-24)27(33)31(19-10-8-17(9-11-19)18-12-13-35-15-18)26(23)20-6-4-5-7-21(20)34-14-22(32)28-3/h4-13,15-16,26H,14H2,1-3H3,(H,28,32)(H,29,30). The van der Waals surface area contributed by atoms with Crippen LogP contribution in [-0.2, 0) is 4.79 Å². The van der Waals surface area contributed by atoms with E-state index in [2.05, 4.69) is 40.8 Å². The zero-order valence-corrected chi connectivity index (χ0v) is 20.6. The fourth-order valence-electron chi connectivity index (χ4n) is 4.46. The quantitative estimate of drug-likeness (QED) is 0.379. The van der Waals surface area contributed by atoms with Crippen LogP contribution in [0.2, 0.25) is 0 Å². The van der Waals surface area contributed by atoms with Crippen LogP contribution < -0.4 is 15.0 Å². The van der Waals surface area contributed by atoms with E-state index in [9.17, 15) is 9.59 Å². The highest BCUT2D eigenvalue weighted by atomic mass is 32.1. The Labute approximate surface area is 207 Å². The van der Waals surface area contributed by atoms with Crippen LogP contribution >= 0.6 is 11.3 Å². The zero-order valence-electron chi connectivity index (χ0n) is 19.7. The van der Waals surface area contributed by atoms with Crippen LogP contribution in [0.4, 0.5) is 5.69 Å². The van der Waals surface area contributed by atoms with E-state index in [1.54, 1.807) is 23.3 Å². The molecule has 0 radical (unpaired) electrons. The minimum absolute atomic E-state index is 0.112. The largest absolute Gasteiger partial charge is 0.483 e. The molecule has 1 unspecified atom stereocenters. The van der Waals surface area contributed by atoms with Crippen molar-refractivity contribution < 1.29 is 14.3 Å². The number of nitrogens with one attached hydrogen (secondary N) is 2. The van der Waals surface area contributed by atoms with Crippen molar-refractivity contribution in [1.82, 2.24) is 15.5 Å². The maximum atomic E-state index is 13.7. The Kier molecular flexibility index (Phi) is 6.13. The van der Waals surface area contributed by atoms with Gasteiger partial charge >= 0.3 is 0 Å². The first-order chi connectivity index (χ1) is 17.0. The normalized spacial score (nSPS) is 14.9. The number of aromatic nitrogens is 2. The predicted octanol–water partition coefficient (Wildman–Crippen LogP) is 5.14. The maximum absolute atomic E-state index is 13.7. The molecule has 0 saturated heterocycles. The van der Waals surface area contributed by atoms with Gasteiger partial charge in [-0.05, 0) is 52.1 Å². The fourth-order valence-corrected chi connectivity index (χ4v) is 5.13. The van der Waals surface area contributed by atoms with Crippen LogP contribution in [0.3, 0.4) is 0 Å². The maximum Gasteiger partial charge on any atom is 0.280 e. The van der Waals surface area contributed by atoms with E-state index in [-0.39, 0.29) is 24.3 Å². The van der Waals surface area contributed by atoms with Crippen molar-refractivity contribution in [3.8, 4) is 16.9 Å². The molecule has 178 valence electrons. The Morgan fingerprint density at radius 1 is 1.14 bits per heavy atom.